The van der Waals surface area contributed by atoms with Crippen LogP contribution >= 0.6 is 8.09 Å². The lowest BCUT2D eigenvalue weighted by atomic mass is 9.97. The maximum atomic E-state index is 13.2. The van der Waals surface area contributed by atoms with Gasteiger partial charge in [0, 0.05) is 5.41 Å². The summed E-state index contributed by atoms with van der Waals surface area (Å²) < 4.78 is 21.7. The van der Waals surface area contributed by atoms with Gasteiger partial charge in [0.05, 0.1) is 19.2 Å². The SMILES string of the molecule is C/C=C(/CN(C(=O)OCc1ccccc1)[P+]1([O-])OCC(C)(C)CO1)C(=O)OC. The van der Waals surface area contributed by atoms with Crippen LogP contribution in [0.4, 0.5) is 4.79 Å². The number of hydrogen-bond donors (Lipinski definition) is 0. The summed E-state index contributed by atoms with van der Waals surface area (Å²) in [6, 6.07) is 9.06. The van der Waals surface area contributed by atoms with E-state index in [1.54, 1.807) is 19.1 Å². The molecule has 0 aromatic heterocycles. The molecule has 28 heavy (non-hydrogen) atoms. The molecular weight excluding hydrogens is 385 g/mol. The smallest absolute Gasteiger partial charge is 0.446 e. The molecule has 1 aromatic carbocycles. The van der Waals surface area contributed by atoms with Crippen LogP contribution in [0.3, 0.4) is 0 Å². The number of esters is 1. The summed E-state index contributed by atoms with van der Waals surface area (Å²) in [5.74, 6) is -0.646. The minimum atomic E-state index is -3.99. The van der Waals surface area contributed by atoms with E-state index in [0.717, 1.165) is 10.2 Å². The number of ether oxygens (including phenoxy) is 2. The van der Waals surface area contributed by atoms with E-state index in [4.69, 9.17) is 18.5 Å². The number of hydrogen-bond acceptors (Lipinski definition) is 7. The molecule has 0 aliphatic carbocycles. The predicted molar refractivity (Wildman–Crippen MR) is 102 cm³/mol. The van der Waals surface area contributed by atoms with Crippen molar-refractivity contribution < 1.29 is 33.0 Å². The topological polar surface area (TPSA) is 97.4 Å². The lowest BCUT2D eigenvalue weighted by Gasteiger charge is -2.41. The van der Waals surface area contributed by atoms with Crippen LogP contribution in [0.2, 0.25) is 0 Å². The molecule has 1 aliphatic heterocycles. The van der Waals surface area contributed by atoms with Crippen LogP contribution in [-0.4, -0.2) is 43.6 Å². The van der Waals surface area contributed by atoms with Crippen molar-refractivity contribution in [3.63, 3.8) is 0 Å². The van der Waals surface area contributed by atoms with Crippen LogP contribution in [0.5, 0.6) is 0 Å². The summed E-state index contributed by atoms with van der Waals surface area (Å²) in [5, 5.41) is 0. The van der Waals surface area contributed by atoms with E-state index in [1.807, 2.05) is 32.0 Å². The zero-order valence-corrected chi connectivity index (χ0v) is 17.4. The summed E-state index contributed by atoms with van der Waals surface area (Å²) in [4.78, 5) is 37.9. The van der Waals surface area contributed by atoms with Crippen molar-refractivity contribution in [1.29, 1.82) is 0 Å². The Morgan fingerprint density at radius 1 is 1.25 bits per heavy atom. The number of amides is 1. The number of carbonyl (C=O) groups excluding carboxylic acids is 2. The predicted octanol–water partition coefficient (Wildman–Crippen LogP) is 2.86. The van der Waals surface area contributed by atoms with E-state index in [0.29, 0.717) is 0 Å². The number of methoxy groups -OCH3 is 1. The molecule has 0 radical (unpaired) electrons. The van der Waals surface area contributed by atoms with Gasteiger partial charge in [-0.3, -0.25) is 0 Å². The van der Waals surface area contributed by atoms with Crippen molar-refractivity contribution in [3.05, 3.63) is 47.5 Å². The first-order valence-corrected chi connectivity index (χ1v) is 10.3. The normalized spacial score (nSPS) is 18.2. The number of rotatable bonds is 6. The van der Waals surface area contributed by atoms with Gasteiger partial charge < -0.3 is 14.4 Å². The molecule has 2 rings (SSSR count). The Bertz CT molecular complexity index is 710. The van der Waals surface area contributed by atoms with Gasteiger partial charge in [0.25, 0.3) is 0 Å². The molecule has 0 spiro atoms. The van der Waals surface area contributed by atoms with Gasteiger partial charge in [0.15, 0.2) is 0 Å². The number of allylic oxidation sites excluding steroid dienone is 1. The maximum absolute atomic E-state index is 13.2. The van der Waals surface area contributed by atoms with E-state index < -0.39 is 20.2 Å². The number of carbonyl (C=O) groups is 2. The van der Waals surface area contributed by atoms with E-state index in [-0.39, 0.29) is 37.4 Å². The first kappa shape index (κ1) is 22.3. The van der Waals surface area contributed by atoms with Gasteiger partial charge in [-0.15, -0.1) is 4.67 Å². The third-order valence-electron chi connectivity index (χ3n) is 4.06. The molecule has 1 aliphatic rings. The van der Waals surface area contributed by atoms with Gasteiger partial charge in [-0.25, -0.2) is 9.59 Å². The fourth-order valence-electron chi connectivity index (χ4n) is 2.34. The number of nitrogens with zero attached hydrogens (tertiary/aromatic N) is 1. The molecule has 154 valence electrons. The molecule has 1 aromatic rings. The molecule has 9 heteroatoms. The second-order valence-electron chi connectivity index (χ2n) is 7.08. The Morgan fingerprint density at radius 2 is 1.86 bits per heavy atom. The summed E-state index contributed by atoms with van der Waals surface area (Å²) in [7, 11) is -2.76. The minimum absolute atomic E-state index is 0.0228. The molecule has 1 amide bonds. The molecule has 0 saturated carbocycles. The standard InChI is InChI=1S/C19H26NO7P/c1-5-16(17(21)24-4)11-20(28(23)26-13-19(2,3)14-27-28)18(22)25-12-15-9-7-6-8-10-15/h5-10H,11-14H2,1-4H3/b16-5-. The van der Waals surface area contributed by atoms with E-state index in [9.17, 15) is 14.5 Å². The Labute approximate surface area is 165 Å². The van der Waals surface area contributed by atoms with Gasteiger partial charge in [0.2, 0.25) is 0 Å². The molecule has 1 saturated heterocycles. The highest BCUT2D eigenvalue weighted by molar-refractivity contribution is 7.57. The molecule has 8 nitrogen and oxygen atoms in total. The van der Waals surface area contributed by atoms with E-state index in [1.165, 1.54) is 13.2 Å². The Balaban J connectivity index is 2.20. The van der Waals surface area contributed by atoms with Crippen molar-refractivity contribution in [3.8, 4) is 0 Å². The molecule has 0 atom stereocenters. The highest BCUT2D eigenvalue weighted by Crippen LogP contribution is 2.60. The van der Waals surface area contributed by atoms with Gasteiger partial charge in [0.1, 0.15) is 19.8 Å². The Kier molecular flexibility index (Phi) is 7.55. The van der Waals surface area contributed by atoms with Crippen LogP contribution in [0, 0.1) is 5.41 Å². The summed E-state index contributed by atoms with van der Waals surface area (Å²) in [5.41, 5.74) is 0.547. The van der Waals surface area contributed by atoms with Gasteiger partial charge in [-0.05, 0) is 12.5 Å². The molecule has 0 unspecified atom stereocenters. The zero-order chi connectivity index (χ0) is 20.8. The van der Waals surface area contributed by atoms with Gasteiger partial charge >= 0.3 is 20.2 Å². The van der Waals surface area contributed by atoms with Crippen LogP contribution in [0.25, 0.3) is 0 Å². The fraction of sp³-hybridized carbons (Fsp3) is 0.474. The van der Waals surface area contributed by atoms with E-state index >= 15 is 0 Å². The molecule has 0 bridgehead atoms. The largest absolute Gasteiger partial charge is 0.612 e. The van der Waals surface area contributed by atoms with E-state index in [2.05, 4.69) is 0 Å². The lowest BCUT2D eigenvalue weighted by molar-refractivity contribution is -0.246. The highest BCUT2D eigenvalue weighted by Gasteiger charge is 2.50. The zero-order valence-electron chi connectivity index (χ0n) is 16.5. The first-order chi connectivity index (χ1) is 13.2. The average molecular weight is 411 g/mol. The minimum Gasteiger partial charge on any atom is -0.612 e. The van der Waals surface area contributed by atoms with Crippen LogP contribution in [0.15, 0.2) is 42.0 Å². The average Bonchev–Trinajstić information content (AvgIpc) is 2.69. The highest BCUT2D eigenvalue weighted by atomic mass is 31.2. The Hall–Kier alpha value is -1.99. The van der Waals surface area contributed by atoms with Crippen LogP contribution < -0.4 is 4.89 Å². The van der Waals surface area contributed by atoms with Crippen molar-refractivity contribution in [2.75, 3.05) is 26.9 Å². The van der Waals surface area contributed by atoms with Crippen molar-refractivity contribution >= 4 is 20.2 Å². The molecular formula is C19H26NO7P. The number of benzene rings is 1. The Morgan fingerprint density at radius 3 is 2.39 bits per heavy atom. The van der Waals surface area contributed by atoms with Gasteiger partial charge in [-0.2, -0.15) is 9.05 Å². The quantitative estimate of drug-likeness (QED) is 0.403. The lowest BCUT2D eigenvalue weighted by Crippen LogP contribution is -2.46. The summed E-state index contributed by atoms with van der Waals surface area (Å²) in [6.45, 7) is 5.31. The fourth-order valence-corrected chi connectivity index (χ4v) is 4.30. The van der Waals surface area contributed by atoms with Gasteiger partial charge in [-0.1, -0.05) is 50.3 Å². The summed E-state index contributed by atoms with van der Waals surface area (Å²) in [6.07, 6.45) is 0.568. The second kappa shape index (κ2) is 9.47. The van der Waals surface area contributed by atoms with Crippen molar-refractivity contribution in [2.45, 2.75) is 27.4 Å². The monoisotopic (exact) mass is 411 g/mol. The van der Waals surface area contributed by atoms with Crippen LogP contribution in [0.1, 0.15) is 26.3 Å². The third kappa shape index (κ3) is 5.75. The summed E-state index contributed by atoms with van der Waals surface area (Å²) >= 11 is 0. The molecule has 1 heterocycles. The van der Waals surface area contributed by atoms with Crippen LogP contribution in [-0.2, 0) is 29.9 Å². The maximum Gasteiger partial charge on any atom is 0.446 e. The molecule has 0 N–H and O–H groups in total. The third-order valence-corrected chi connectivity index (χ3v) is 5.87. The van der Waals surface area contributed by atoms with Crippen molar-refractivity contribution in [1.82, 2.24) is 4.67 Å². The first-order valence-electron chi connectivity index (χ1n) is 8.82. The second-order valence-corrected chi connectivity index (χ2v) is 9.02. The van der Waals surface area contributed by atoms with Crippen molar-refractivity contribution in [2.24, 2.45) is 5.41 Å². The molecule has 1 fully saturated rings.